The van der Waals surface area contributed by atoms with Crippen LogP contribution in [0.5, 0.6) is 0 Å². The van der Waals surface area contributed by atoms with E-state index in [9.17, 15) is 0 Å². The second-order valence-corrected chi connectivity index (χ2v) is 3.29. The molecule has 0 aliphatic carbocycles. The number of nitrogen functional groups attached to an aromatic ring is 1. The Bertz CT molecular complexity index is 525. The minimum Gasteiger partial charge on any atom is -0.419 e. The highest BCUT2D eigenvalue weighted by Gasteiger charge is 2.10. The first-order valence-corrected chi connectivity index (χ1v) is 4.51. The van der Waals surface area contributed by atoms with E-state index < -0.39 is 0 Å². The molecule has 2 rings (SSSR count). The molecule has 74 valence electrons. The number of nitrogens with zero attached hydrogens (tertiary/aromatic N) is 2. The predicted molar refractivity (Wildman–Crippen MR) is 56.1 cm³/mol. The van der Waals surface area contributed by atoms with Gasteiger partial charge in [0.25, 0.3) is 0 Å². The van der Waals surface area contributed by atoms with Crippen molar-refractivity contribution in [2.24, 2.45) is 0 Å². The van der Waals surface area contributed by atoms with Crippen LogP contribution in [0.2, 0.25) is 5.02 Å². The summed E-state index contributed by atoms with van der Waals surface area (Å²) in [6.07, 6.45) is 0. The van der Waals surface area contributed by atoms with E-state index in [2.05, 4.69) is 4.98 Å². The first-order chi connectivity index (χ1) is 7.20. The number of rotatable bonds is 1. The van der Waals surface area contributed by atoms with Crippen LogP contribution in [0.25, 0.3) is 11.5 Å². The molecule has 0 aliphatic rings. The van der Waals surface area contributed by atoms with Gasteiger partial charge >= 0.3 is 0 Å². The number of hydrogen-bond acceptors (Lipinski definition) is 4. The Kier molecular flexibility index (Phi) is 2.32. The SMILES string of the molecule is N#Cc1nc(-c2ccc(Cl)cc2)oc1N. The Morgan fingerprint density at radius 1 is 1.33 bits per heavy atom. The van der Waals surface area contributed by atoms with Crippen molar-refractivity contribution in [1.29, 1.82) is 5.26 Å². The summed E-state index contributed by atoms with van der Waals surface area (Å²) in [4.78, 5) is 3.93. The summed E-state index contributed by atoms with van der Waals surface area (Å²) in [5.74, 6) is 0.350. The third-order valence-electron chi connectivity index (χ3n) is 1.85. The molecule has 1 heterocycles. The summed E-state index contributed by atoms with van der Waals surface area (Å²) in [5.41, 5.74) is 6.27. The molecule has 2 N–H and O–H groups in total. The van der Waals surface area contributed by atoms with Crippen LogP contribution in [0.3, 0.4) is 0 Å². The fraction of sp³-hybridized carbons (Fsp3) is 0. The van der Waals surface area contributed by atoms with E-state index in [0.29, 0.717) is 10.9 Å². The van der Waals surface area contributed by atoms with Gasteiger partial charge in [0.15, 0.2) is 0 Å². The molecule has 0 aliphatic heterocycles. The Labute approximate surface area is 90.9 Å². The molecule has 0 saturated heterocycles. The van der Waals surface area contributed by atoms with Crippen molar-refractivity contribution in [1.82, 2.24) is 4.98 Å². The normalized spacial score (nSPS) is 9.87. The van der Waals surface area contributed by atoms with Crippen LogP contribution < -0.4 is 5.73 Å². The summed E-state index contributed by atoms with van der Waals surface area (Å²) < 4.78 is 5.13. The number of halogens is 1. The van der Waals surface area contributed by atoms with E-state index in [1.54, 1.807) is 24.3 Å². The lowest BCUT2D eigenvalue weighted by Gasteiger charge is -1.94. The molecule has 0 amide bonds. The zero-order valence-corrected chi connectivity index (χ0v) is 8.32. The maximum Gasteiger partial charge on any atom is 0.230 e. The van der Waals surface area contributed by atoms with Crippen molar-refractivity contribution in [2.45, 2.75) is 0 Å². The number of aromatic nitrogens is 1. The van der Waals surface area contributed by atoms with Gasteiger partial charge in [0.1, 0.15) is 6.07 Å². The number of anilines is 1. The van der Waals surface area contributed by atoms with Crippen LogP contribution in [0.15, 0.2) is 28.7 Å². The van der Waals surface area contributed by atoms with E-state index in [4.69, 9.17) is 27.0 Å². The molecule has 1 aromatic carbocycles. The monoisotopic (exact) mass is 219 g/mol. The van der Waals surface area contributed by atoms with Crippen molar-refractivity contribution >= 4 is 17.5 Å². The van der Waals surface area contributed by atoms with Crippen molar-refractivity contribution in [3.05, 3.63) is 35.0 Å². The van der Waals surface area contributed by atoms with Gasteiger partial charge < -0.3 is 10.2 Å². The van der Waals surface area contributed by atoms with E-state index in [-0.39, 0.29) is 11.6 Å². The van der Waals surface area contributed by atoms with Crippen LogP contribution in [0.4, 0.5) is 5.88 Å². The smallest absolute Gasteiger partial charge is 0.230 e. The van der Waals surface area contributed by atoms with Gasteiger partial charge in [-0.15, -0.1) is 0 Å². The molecule has 5 heteroatoms. The Balaban J connectivity index is 2.46. The maximum atomic E-state index is 8.65. The van der Waals surface area contributed by atoms with E-state index >= 15 is 0 Å². The van der Waals surface area contributed by atoms with E-state index in [0.717, 1.165) is 5.56 Å². The van der Waals surface area contributed by atoms with Crippen LogP contribution in [0.1, 0.15) is 5.69 Å². The summed E-state index contributed by atoms with van der Waals surface area (Å²) in [7, 11) is 0. The van der Waals surface area contributed by atoms with Gasteiger partial charge in [-0.1, -0.05) is 11.6 Å². The minimum atomic E-state index is 0.0300. The highest BCUT2D eigenvalue weighted by Crippen LogP contribution is 2.24. The first kappa shape index (κ1) is 9.56. The second-order valence-electron chi connectivity index (χ2n) is 2.85. The average molecular weight is 220 g/mol. The van der Waals surface area contributed by atoms with Gasteiger partial charge in [0.2, 0.25) is 17.5 Å². The molecule has 2 aromatic rings. The molecule has 1 aromatic heterocycles. The lowest BCUT2D eigenvalue weighted by atomic mass is 10.2. The van der Waals surface area contributed by atoms with Gasteiger partial charge in [-0.2, -0.15) is 10.2 Å². The van der Waals surface area contributed by atoms with E-state index in [1.807, 2.05) is 6.07 Å². The molecule has 0 atom stereocenters. The topological polar surface area (TPSA) is 75.8 Å². The molecule has 0 fully saturated rings. The van der Waals surface area contributed by atoms with E-state index in [1.165, 1.54) is 0 Å². The second kappa shape index (κ2) is 3.64. The highest BCUT2D eigenvalue weighted by atomic mass is 35.5. The van der Waals surface area contributed by atoms with Gasteiger partial charge in [0, 0.05) is 10.6 Å². The number of nitriles is 1. The Morgan fingerprint density at radius 3 is 2.53 bits per heavy atom. The molecule has 15 heavy (non-hydrogen) atoms. The Hall–Kier alpha value is -1.99. The average Bonchev–Trinajstić information content (AvgIpc) is 2.61. The maximum absolute atomic E-state index is 8.65. The first-order valence-electron chi connectivity index (χ1n) is 4.13. The minimum absolute atomic E-state index is 0.0300. The van der Waals surface area contributed by atoms with Crippen molar-refractivity contribution in [3.8, 4) is 17.5 Å². The van der Waals surface area contributed by atoms with Crippen LogP contribution in [-0.4, -0.2) is 4.98 Å². The molecule has 0 saturated carbocycles. The molecule has 0 spiro atoms. The van der Waals surface area contributed by atoms with Gasteiger partial charge in [0.05, 0.1) is 0 Å². The molecule has 0 radical (unpaired) electrons. The van der Waals surface area contributed by atoms with Crippen molar-refractivity contribution in [3.63, 3.8) is 0 Å². The number of benzene rings is 1. The van der Waals surface area contributed by atoms with Crippen molar-refractivity contribution in [2.75, 3.05) is 5.73 Å². The quantitative estimate of drug-likeness (QED) is 0.799. The molecule has 4 nitrogen and oxygen atoms in total. The third kappa shape index (κ3) is 1.78. The molecule has 0 bridgehead atoms. The van der Waals surface area contributed by atoms with Crippen LogP contribution in [0, 0.1) is 11.3 Å². The largest absolute Gasteiger partial charge is 0.419 e. The van der Waals surface area contributed by atoms with Gasteiger partial charge in [-0.3, -0.25) is 0 Å². The number of oxazole rings is 1. The lowest BCUT2D eigenvalue weighted by Crippen LogP contribution is -1.84. The lowest BCUT2D eigenvalue weighted by molar-refractivity contribution is 0.593. The summed E-state index contributed by atoms with van der Waals surface area (Å²) in [5, 5.41) is 9.27. The number of nitrogens with two attached hydrogens (primary N) is 1. The van der Waals surface area contributed by atoms with Gasteiger partial charge in [-0.25, -0.2) is 0 Å². The fourth-order valence-corrected chi connectivity index (χ4v) is 1.25. The van der Waals surface area contributed by atoms with Crippen LogP contribution >= 0.6 is 11.6 Å². The molecular formula is C10H6ClN3O. The molecule has 0 unspecified atom stereocenters. The zero-order valence-electron chi connectivity index (χ0n) is 7.57. The summed E-state index contributed by atoms with van der Waals surface area (Å²) in [6.45, 7) is 0. The van der Waals surface area contributed by atoms with Gasteiger partial charge in [-0.05, 0) is 24.3 Å². The predicted octanol–water partition coefficient (Wildman–Crippen LogP) is 2.45. The van der Waals surface area contributed by atoms with Crippen molar-refractivity contribution < 1.29 is 4.42 Å². The fourth-order valence-electron chi connectivity index (χ4n) is 1.13. The molecular weight excluding hydrogens is 214 g/mol. The highest BCUT2D eigenvalue weighted by molar-refractivity contribution is 6.30. The summed E-state index contributed by atoms with van der Waals surface area (Å²) >= 11 is 5.73. The van der Waals surface area contributed by atoms with Crippen LogP contribution in [-0.2, 0) is 0 Å². The third-order valence-corrected chi connectivity index (χ3v) is 2.10. The zero-order chi connectivity index (χ0) is 10.8. The standard InChI is InChI=1S/C10H6ClN3O/c11-7-3-1-6(2-4-7)10-14-8(5-12)9(13)15-10/h1-4H,13H2. The Morgan fingerprint density at radius 2 is 2.00 bits per heavy atom. The number of hydrogen-bond donors (Lipinski definition) is 1. The summed E-state index contributed by atoms with van der Waals surface area (Å²) in [6, 6.07) is 8.75.